The zero-order valence-corrected chi connectivity index (χ0v) is 11.2. The van der Waals surface area contributed by atoms with Gasteiger partial charge in [-0.05, 0) is 18.2 Å². The van der Waals surface area contributed by atoms with E-state index in [0.29, 0.717) is 0 Å². The molecule has 0 aliphatic rings. The molecule has 0 saturated carbocycles. The summed E-state index contributed by atoms with van der Waals surface area (Å²) < 4.78 is 5.09. The van der Waals surface area contributed by atoms with Crippen LogP contribution in [0.5, 0.6) is 5.75 Å². The molecule has 2 aromatic rings. The summed E-state index contributed by atoms with van der Waals surface area (Å²) in [6.07, 6.45) is 0. The molecule has 6 nitrogen and oxygen atoms in total. The Balaban J connectivity index is 2.29. The second-order valence-electron chi connectivity index (χ2n) is 3.92. The number of nitro benzene ring substituents is 1. The minimum absolute atomic E-state index is 0.0185. The maximum absolute atomic E-state index is 12.0. The Hall–Kier alpha value is -2.91. The second-order valence-corrected chi connectivity index (χ2v) is 4.33. The van der Waals surface area contributed by atoms with Gasteiger partial charge in [0.05, 0.1) is 21.1 Å². The van der Waals surface area contributed by atoms with Gasteiger partial charge in [0.25, 0.3) is 5.69 Å². The number of benzene rings is 2. The number of esters is 1. The highest BCUT2D eigenvalue weighted by atomic mass is 35.5. The molecular formula is C14H7ClN2O4. The van der Waals surface area contributed by atoms with Crippen LogP contribution in [0.2, 0.25) is 5.02 Å². The van der Waals surface area contributed by atoms with E-state index in [9.17, 15) is 14.9 Å². The maximum atomic E-state index is 12.0. The van der Waals surface area contributed by atoms with Gasteiger partial charge in [-0.15, -0.1) is 0 Å². The lowest BCUT2D eigenvalue weighted by molar-refractivity contribution is -0.384. The van der Waals surface area contributed by atoms with E-state index in [2.05, 4.69) is 0 Å². The van der Waals surface area contributed by atoms with Crippen molar-refractivity contribution in [2.75, 3.05) is 0 Å². The summed E-state index contributed by atoms with van der Waals surface area (Å²) in [5.41, 5.74) is -0.0483. The van der Waals surface area contributed by atoms with Crippen molar-refractivity contribution in [3.05, 3.63) is 68.7 Å². The van der Waals surface area contributed by atoms with Crippen molar-refractivity contribution in [3.8, 4) is 11.8 Å². The third-order valence-corrected chi connectivity index (χ3v) is 2.91. The average Bonchev–Trinajstić information content (AvgIpc) is 2.47. The zero-order chi connectivity index (χ0) is 15.4. The quantitative estimate of drug-likeness (QED) is 0.375. The Morgan fingerprint density at radius 2 is 2.00 bits per heavy atom. The van der Waals surface area contributed by atoms with E-state index >= 15 is 0 Å². The van der Waals surface area contributed by atoms with Crippen LogP contribution in [0.1, 0.15) is 15.9 Å². The first-order chi connectivity index (χ1) is 10.0. The SMILES string of the molecule is N#Cc1ccccc1OC(=O)c1ccc([N+](=O)[O-])cc1Cl. The Kier molecular flexibility index (Phi) is 4.16. The number of carbonyl (C=O) groups is 1. The fourth-order valence-electron chi connectivity index (χ4n) is 1.59. The normalized spacial score (nSPS) is 9.71. The van der Waals surface area contributed by atoms with Gasteiger partial charge in [-0.25, -0.2) is 4.79 Å². The van der Waals surface area contributed by atoms with Crippen molar-refractivity contribution >= 4 is 23.3 Å². The Labute approximate surface area is 124 Å². The van der Waals surface area contributed by atoms with E-state index in [1.54, 1.807) is 12.1 Å². The van der Waals surface area contributed by atoms with Crippen LogP contribution in [-0.2, 0) is 0 Å². The molecule has 0 unspecified atom stereocenters. The van der Waals surface area contributed by atoms with Crippen LogP contribution >= 0.6 is 11.6 Å². The molecule has 0 saturated heterocycles. The van der Waals surface area contributed by atoms with Gasteiger partial charge in [-0.3, -0.25) is 10.1 Å². The van der Waals surface area contributed by atoms with Crippen molar-refractivity contribution in [3.63, 3.8) is 0 Å². The minimum atomic E-state index is -0.794. The van der Waals surface area contributed by atoms with Crippen LogP contribution in [0.3, 0.4) is 0 Å². The summed E-state index contributed by atoms with van der Waals surface area (Å²) >= 11 is 5.84. The number of nitro groups is 1. The molecule has 0 aromatic heterocycles. The molecule has 0 radical (unpaired) electrons. The number of carbonyl (C=O) groups excluding carboxylic acids is 1. The highest BCUT2D eigenvalue weighted by molar-refractivity contribution is 6.33. The van der Waals surface area contributed by atoms with Crippen LogP contribution in [0.15, 0.2) is 42.5 Å². The summed E-state index contributed by atoms with van der Waals surface area (Å²) in [6.45, 7) is 0. The largest absolute Gasteiger partial charge is 0.421 e. The molecule has 0 N–H and O–H groups in total. The molecule has 0 amide bonds. The molecule has 0 fully saturated rings. The van der Waals surface area contributed by atoms with Gasteiger partial charge in [0.2, 0.25) is 0 Å². The molecule has 2 aromatic carbocycles. The monoisotopic (exact) mass is 302 g/mol. The van der Waals surface area contributed by atoms with E-state index in [-0.39, 0.29) is 27.6 Å². The van der Waals surface area contributed by atoms with Gasteiger partial charge in [0, 0.05) is 12.1 Å². The molecule has 104 valence electrons. The van der Waals surface area contributed by atoms with Gasteiger partial charge in [-0.2, -0.15) is 5.26 Å². The van der Waals surface area contributed by atoms with E-state index in [1.165, 1.54) is 18.2 Å². The van der Waals surface area contributed by atoms with E-state index < -0.39 is 10.9 Å². The summed E-state index contributed by atoms with van der Waals surface area (Å²) in [6, 6.07) is 11.5. The molecule has 0 aliphatic carbocycles. The molecule has 0 spiro atoms. The molecule has 2 rings (SSSR count). The lowest BCUT2D eigenvalue weighted by Crippen LogP contribution is -2.10. The van der Waals surface area contributed by atoms with Crippen LogP contribution in [-0.4, -0.2) is 10.9 Å². The molecule has 0 bridgehead atoms. The number of nitriles is 1. The van der Waals surface area contributed by atoms with Crippen molar-refractivity contribution in [2.45, 2.75) is 0 Å². The van der Waals surface area contributed by atoms with Gasteiger partial charge >= 0.3 is 5.97 Å². The summed E-state index contributed by atoms with van der Waals surface area (Å²) in [5, 5.41) is 19.4. The third-order valence-electron chi connectivity index (χ3n) is 2.59. The van der Waals surface area contributed by atoms with Crippen LogP contribution in [0, 0.1) is 21.4 Å². The standard InChI is InChI=1S/C14H7ClN2O4/c15-12-7-10(17(19)20)5-6-11(12)14(18)21-13-4-2-1-3-9(13)8-16/h1-7H. The Morgan fingerprint density at radius 3 is 2.62 bits per heavy atom. The highest BCUT2D eigenvalue weighted by Crippen LogP contribution is 2.25. The number of para-hydroxylation sites is 1. The number of halogens is 1. The van der Waals surface area contributed by atoms with Crippen LogP contribution in [0.25, 0.3) is 0 Å². The number of ether oxygens (including phenoxy) is 1. The first kappa shape index (κ1) is 14.5. The smallest absolute Gasteiger partial charge is 0.345 e. The number of non-ortho nitro benzene ring substituents is 1. The lowest BCUT2D eigenvalue weighted by Gasteiger charge is -2.06. The highest BCUT2D eigenvalue weighted by Gasteiger charge is 2.17. The first-order valence-corrected chi connectivity index (χ1v) is 6.06. The van der Waals surface area contributed by atoms with Gasteiger partial charge in [-0.1, -0.05) is 23.7 Å². The van der Waals surface area contributed by atoms with Crippen LogP contribution < -0.4 is 4.74 Å². The second kappa shape index (κ2) is 6.03. The van der Waals surface area contributed by atoms with Crippen molar-refractivity contribution in [2.24, 2.45) is 0 Å². The topological polar surface area (TPSA) is 93.2 Å². The average molecular weight is 303 g/mol. The third kappa shape index (κ3) is 3.16. The number of hydrogen-bond acceptors (Lipinski definition) is 5. The predicted molar refractivity (Wildman–Crippen MR) is 74.2 cm³/mol. The fourth-order valence-corrected chi connectivity index (χ4v) is 1.84. The predicted octanol–water partition coefficient (Wildman–Crippen LogP) is 3.34. The van der Waals surface area contributed by atoms with E-state index in [4.69, 9.17) is 21.6 Å². The Morgan fingerprint density at radius 1 is 1.29 bits per heavy atom. The molecule has 0 aliphatic heterocycles. The fraction of sp³-hybridized carbons (Fsp3) is 0. The molecule has 0 atom stereocenters. The molecule has 7 heteroatoms. The van der Waals surface area contributed by atoms with Crippen molar-refractivity contribution in [1.29, 1.82) is 5.26 Å². The summed E-state index contributed by atoms with van der Waals surface area (Å²) in [4.78, 5) is 22.0. The van der Waals surface area contributed by atoms with Crippen molar-refractivity contribution in [1.82, 2.24) is 0 Å². The zero-order valence-electron chi connectivity index (χ0n) is 10.4. The van der Waals surface area contributed by atoms with Gasteiger partial charge < -0.3 is 4.74 Å². The first-order valence-electron chi connectivity index (χ1n) is 5.68. The molecule has 21 heavy (non-hydrogen) atoms. The van der Waals surface area contributed by atoms with Gasteiger partial charge in [0.15, 0.2) is 0 Å². The lowest BCUT2D eigenvalue weighted by atomic mass is 10.2. The number of hydrogen-bond donors (Lipinski definition) is 0. The van der Waals surface area contributed by atoms with Gasteiger partial charge in [0.1, 0.15) is 11.8 Å². The molecule has 0 heterocycles. The minimum Gasteiger partial charge on any atom is -0.421 e. The van der Waals surface area contributed by atoms with Crippen LogP contribution in [0.4, 0.5) is 5.69 Å². The maximum Gasteiger partial charge on any atom is 0.345 e. The number of nitrogens with zero attached hydrogens (tertiary/aromatic N) is 2. The number of rotatable bonds is 3. The Bertz CT molecular complexity index is 768. The molecular weight excluding hydrogens is 296 g/mol. The summed E-state index contributed by atoms with van der Waals surface area (Å²) in [7, 11) is 0. The summed E-state index contributed by atoms with van der Waals surface area (Å²) in [5.74, 6) is -0.697. The van der Waals surface area contributed by atoms with E-state index in [0.717, 1.165) is 12.1 Å². The van der Waals surface area contributed by atoms with Crippen molar-refractivity contribution < 1.29 is 14.5 Å². The van der Waals surface area contributed by atoms with E-state index in [1.807, 2.05) is 6.07 Å².